The lowest BCUT2D eigenvalue weighted by Gasteiger charge is -2.36. The van der Waals surface area contributed by atoms with Crippen LogP contribution in [0.2, 0.25) is 0 Å². The Hall–Kier alpha value is 0.270. The second kappa shape index (κ2) is 1.90. The maximum Gasteiger partial charge on any atom is 0.168 e. The quantitative estimate of drug-likeness (QED) is 0.453. The molecule has 0 saturated carbocycles. The lowest BCUT2D eigenvalue weighted by molar-refractivity contribution is -0.430. The number of hydrogen-bond acceptors (Lipinski definition) is 3. The molecule has 2 radical (unpaired) electrons. The molecule has 0 spiro atoms. The zero-order chi connectivity index (χ0) is 5.40. The predicted octanol–water partition coefficient (Wildman–Crippen LogP) is 0.861. The molecule has 0 amide bonds. The van der Waals surface area contributed by atoms with Gasteiger partial charge in [0.25, 0.3) is 0 Å². The fraction of sp³-hybridized carbons (Fsp3) is 0.800. The van der Waals surface area contributed by atoms with Gasteiger partial charge in [-0.15, -0.1) is 11.8 Å². The molecule has 0 aromatic rings. The minimum absolute atomic E-state index is 0.175. The monoisotopic (exact) mass is 130 g/mol. The fourth-order valence-electron chi connectivity index (χ4n) is 0.778. The standard InChI is InChI=1S/C5H6O2S/c1-2-4-5(7-6-4)8-3-1/h4-5H,1,3H2. The smallest absolute Gasteiger partial charge is 0.168 e. The highest BCUT2D eigenvalue weighted by atomic mass is 32.2. The van der Waals surface area contributed by atoms with Crippen molar-refractivity contribution in [3.8, 4) is 0 Å². The summed E-state index contributed by atoms with van der Waals surface area (Å²) in [6.07, 6.45) is 4.36. The summed E-state index contributed by atoms with van der Waals surface area (Å²) in [6, 6.07) is 0. The zero-order valence-corrected chi connectivity index (χ0v) is 5.11. The Bertz CT molecular complexity index is 84.4. The Morgan fingerprint density at radius 3 is 2.88 bits per heavy atom. The number of thioether (sulfide) groups is 1. The number of rotatable bonds is 0. The molecule has 44 valence electrons. The molecule has 2 rings (SSSR count). The van der Waals surface area contributed by atoms with Gasteiger partial charge < -0.3 is 0 Å². The first kappa shape index (κ1) is 5.09. The van der Waals surface area contributed by atoms with Crippen LogP contribution in [0.4, 0.5) is 0 Å². The van der Waals surface area contributed by atoms with Gasteiger partial charge in [-0.05, 0) is 12.2 Å². The van der Waals surface area contributed by atoms with E-state index in [1.54, 1.807) is 11.8 Å². The third-order valence-corrected chi connectivity index (χ3v) is 2.33. The molecule has 2 unspecified atom stereocenters. The summed E-state index contributed by atoms with van der Waals surface area (Å²) in [5, 5.41) is 0. The molecule has 0 N–H and O–H groups in total. The van der Waals surface area contributed by atoms with Crippen molar-refractivity contribution >= 4 is 11.8 Å². The van der Waals surface area contributed by atoms with Crippen molar-refractivity contribution in [2.45, 2.75) is 18.0 Å². The van der Waals surface area contributed by atoms with Crippen molar-refractivity contribution in [1.29, 1.82) is 0 Å². The SMILES string of the molecule is [C]1CCSC2OOC12. The van der Waals surface area contributed by atoms with Gasteiger partial charge in [0.05, 0.1) is 0 Å². The first-order chi connectivity index (χ1) is 3.97. The summed E-state index contributed by atoms with van der Waals surface area (Å²) in [5.74, 6) is 1.13. The lowest BCUT2D eigenvalue weighted by Crippen LogP contribution is -2.43. The van der Waals surface area contributed by atoms with Gasteiger partial charge in [-0.3, -0.25) is 0 Å². The first-order valence-corrected chi connectivity index (χ1v) is 3.69. The van der Waals surface area contributed by atoms with Crippen LogP contribution in [0.25, 0.3) is 0 Å². The van der Waals surface area contributed by atoms with Crippen LogP contribution in [0.3, 0.4) is 0 Å². The highest BCUT2D eigenvalue weighted by molar-refractivity contribution is 7.99. The van der Waals surface area contributed by atoms with E-state index in [4.69, 9.17) is 9.78 Å². The van der Waals surface area contributed by atoms with Crippen LogP contribution < -0.4 is 0 Å². The minimum atomic E-state index is 0.175. The van der Waals surface area contributed by atoms with Gasteiger partial charge in [0.2, 0.25) is 0 Å². The van der Waals surface area contributed by atoms with E-state index < -0.39 is 0 Å². The van der Waals surface area contributed by atoms with Gasteiger partial charge >= 0.3 is 0 Å². The Morgan fingerprint density at radius 1 is 1.50 bits per heavy atom. The Labute approximate surface area is 52.5 Å². The van der Waals surface area contributed by atoms with Crippen LogP contribution in [0.15, 0.2) is 0 Å². The molecule has 0 aliphatic carbocycles. The average Bonchev–Trinajstić information content (AvgIpc) is 1.72. The number of hydrogen-bond donors (Lipinski definition) is 0. The summed E-state index contributed by atoms with van der Waals surface area (Å²) >= 11 is 1.80. The van der Waals surface area contributed by atoms with Crippen molar-refractivity contribution in [2.75, 3.05) is 5.75 Å². The molecule has 0 aromatic heterocycles. The van der Waals surface area contributed by atoms with E-state index in [0.29, 0.717) is 0 Å². The normalized spacial score (nSPS) is 45.0. The van der Waals surface area contributed by atoms with E-state index in [1.165, 1.54) is 0 Å². The average molecular weight is 130 g/mol. The van der Waals surface area contributed by atoms with Gasteiger partial charge in [-0.25, -0.2) is 9.78 Å². The third-order valence-electron chi connectivity index (χ3n) is 1.23. The topological polar surface area (TPSA) is 18.5 Å². The molecular weight excluding hydrogens is 124 g/mol. The van der Waals surface area contributed by atoms with E-state index in [0.717, 1.165) is 12.2 Å². The highest BCUT2D eigenvalue weighted by Crippen LogP contribution is 2.34. The van der Waals surface area contributed by atoms with Crippen LogP contribution in [-0.2, 0) is 9.78 Å². The summed E-state index contributed by atoms with van der Waals surface area (Å²) in [6.45, 7) is 0. The minimum Gasteiger partial charge on any atom is -0.228 e. The molecule has 2 saturated heterocycles. The molecule has 2 aliphatic heterocycles. The number of fused-ring (bicyclic) bond motifs is 1. The second-order valence-electron chi connectivity index (χ2n) is 1.81. The molecule has 2 fully saturated rings. The Kier molecular flexibility index (Phi) is 1.21. The van der Waals surface area contributed by atoms with E-state index in [1.807, 2.05) is 0 Å². The van der Waals surface area contributed by atoms with Crippen molar-refractivity contribution in [3.63, 3.8) is 0 Å². The molecule has 2 aliphatic rings. The van der Waals surface area contributed by atoms with Gasteiger partial charge in [-0.1, -0.05) is 0 Å². The van der Waals surface area contributed by atoms with Crippen molar-refractivity contribution < 1.29 is 9.78 Å². The van der Waals surface area contributed by atoms with E-state index in [-0.39, 0.29) is 11.5 Å². The van der Waals surface area contributed by atoms with Crippen LogP contribution >= 0.6 is 11.8 Å². The van der Waals surface area contributed by atoms with E-state index >= 15 is 0 Å². The lowest BCUT2D eigenvalue weighted by atomic mass is 10.2. The third kappa shape index (κ3) is 0.658. The largest absolute Gasteiger partial charge is 0.228 e. The summed E-state index contributed by atoms with van der Waals surface area (Å²) in [7, 11) is 0. The van der Waals surface area contributed by atoms with Crippen LogP contribution in [0.5, 0.6) is 0 Å². The molecule has 8 heavy (non-hydrogen) atoms. The zero-order valence-electron chi connectivity index (χ0n) is 4.29. The highest BCUT2D eigenvalue weighted by Gasteiger charge is 2.37. The molecule has 2 atom stereocenters. The van der Waals surface area contributed by atoms with Crippen LogP contribution in [0, 0.1) is 6.42 Å². The van der Waals surface area contributed by atoms with Gasteiger partial charge in [-0.2, -0.15) is 0 Å². The van der Waals surface area contributed by atoms with Crippen molar-refractivity contribution in [2.24, 2.45) is 0 Å². The van der Waals surface area contributed by atoms with Crippen LogP contribution in [0.1, 0.15) is 6.42 Å². The summed E-state index contributed by atoms with van der Waals surface area (Å²) in [5.41, 5.74) is 0.267. The predicted molar refractivity (Wildman–Crippen MR) is 30.1 cm³/mol. The molecule has 3 heteroatoms. The van der Waals surface area contributed by atoms with Gasteiger partial charge in [0.1, 0.15) is 6.10 Å². The van der Waals surface area contributed by atoms with Crippen molar-refractivity contribution in [1.82, 2.24) is 0 Å². The van der Waals surface area contributed by atoms with Crippen molar-refractivity contribution in [3.05, 3.63) is 6.42 Å². The van der Waals surface area contributed by atoms with Gasteiger partial charge in [0, 0.05) is 6.42 Å². The van der Waals surface area contributed by atoms with Crippen LogP contribution in [-0.4, -0.2) is 17.3 Å². The summed E-state index contributed by atoms with van der Waals surface area (Å²) in [4.78, 5) is 9.44. The first-order valence-electron chi connectivity index (χ1n) is 2.64. The Morgan fingerprint density at radius 2 is 2.50 bits per heavy atom. The molecular formula is C5H6O2S. The maximum atomic E-state index is 4.74. The molecule has 0 aromatic carbocycles. The van der Waals surface area contributed by atoms with Gasteiger partial charge in [0.15, 0.2) is 5.44 Å². The Balaban J connectivity index is 1.92. The molecule has 2 nitrogen and oxygen atoms in total. The fourth-order valence-corrected chi connectivity index (χ4v) is 1.66. The summed E-state index contributed by atoms with van der Waals surface area (Å²) < 4.78 is 0. The molecule has 0 bridgehead atoms. The van der Waals surface area contributed by atoms with E-state index in [2.05, 4.69) is 6.42 Å². The maximum absolute atomic E-state index is 4.74. The second-order valence-corrected chi connectivity index (χ2v) is 3.01. The van der Waals surface area contributed by atoms with E-state index in [9.17, 15) is 0 Å². The molecule has 2 heterocycles.